The van der Waals surface area contributed by atoms with Gasteiger partial charge in [-0.3, -0.25) is 10.4 Å². The van der Waals surface area contributed by atoms with Crippen molar-refractivity contribution in [2.45, 2.75) is 6.92 Å². The Balaban J connectivity index is 1.26. The quantitative estimate of drug-likeness (QED) is 0.0389. The SMILES string of the molecule is C=CC(=O)OCCOc1ccc(NN(C)c2ccc(N=Nc3ccc(N=Nc4ccc(OCCOC(=O)C=C)cc4F)cc3)c(C)c2)cc1. The molecule has 0 heterocycles. The molecule has 0 saturated heterocycles. The van der Waals surface area contributed by atoms with Crippen molar-refractivity contribution in [1.29, 1.82) is 0 Å². The molecule has 49 heavy (non-hydrogen) atoms. The summed E-state index contributed by atoms with van der Waals surface area (Å²) in [5, 5.41) is 18.7. The van der Waals surface area contributed by atoms with E-state index in [2.05, 4.69) is 39.0 Å². The van der Waals surface area contributed by atoms with Gasteiger partial charge in [-0.2, -0.15) is 15.3 Å². The van der Waals surface area contributed by atoms with E-state index in [-0.39, 0.29) is 37.9 Å². The zero-order chi connectivity index (χ0) is 35.0. The van der Waals surface area contributed by atoms with Crippen LogP contribution >= 0.6 is 0 Å². The maximum atomic E-state index is 14.5. The molecule has 0 spiro atoms. The number of esters is 2. The van der Waals surface area contributed by atoms with E-state index < -0.39 is 17.8 Å². The summed E-state index contributed by atoms with van der Waals surface area (Å²) < 4.78 is 35.1. The minimum atomic E-state index is -0.610. The fourth-order valence-corrected chi connectivity index (χ4v) is 4.03. The Morgan fingerprint density at radius 2 is 1.24 bits per heavy atom. The number of carbonyl (C=O) groups excluding carboxylic acids is 2. The van der Waals surface area contributed by atoms with Gasteiger partial charge in [0, 0.05) is 25.3 Å². The van der Waals surface area contributed by atoms with Crippen LogP contribution in [-0.2, 0) is 19.1 Å². The fraction of sp³-hybridized carbons (Fsp3) is 0.167. The van der Waals surface area contributed by atoms with Gasteiger partial charge in [0.05, 0.1) is 28.4 Å². The molecule has 0 amide bonds. The smallest absolute Gasteiger partial charge is 0.330 e. The van der Waals surface area contributed by atoms with E-state index in [4.69, 9.17) is 18.9 Å². The third-order valence-electron chi connectivity index (χ3n) is 6.56. The molecule has 0 fully saturated rings. The molecule has 0 aliphatic carbocycles. The Hall–Kier alpha value is -6.37. The summed E-state index contributed by atoms with van der Waals surface area (Å²) >= 11 is 0. The number of hydrogen-bond donors (Lipinski definition) is 1. The molecular weight excluding hydrogens is 631 g/mol. The van der Waals surface area contributed by atoms with Crippen LogP contribution in [0.15, 0.2) is 131 Å². The third kappa shape index (κ3) is 11.4. The lowest BCUT2D eigenvalue weighted by Crippen LogP contribution is -2.24. The molecule has 0 radical (unpaired) electrons. The van der Waals surface area contributed by atoms with Crippen molar-refractivity contribution in [2.75, 3.05) is 43.9 Å². The molecule has 252 valence electrons. The minimum Gasteiger partial charge on any atom is -0.490 e. The van der Waals surface area contributed by atoms with Crippen LogP contribution < -0.4 is 19.9 Å². The summed E-state index contributed by atoms with van der Waals surface area (Å²) in [6.07, 6.45) is 2.16. The van der Waals surface area contributed by atoms with Gasteiger partial charge in [0.25, 0.3) is 0 Å². The zero-order valence-electron chi connectivity index (χ0n) is 27.0. The van der Waals surface area contributed by atoms with Crippen LogP contribution in [0.25, 0.3) is 0 Å². The number of anilines is 2. The summed E-state index contributed by atoms with van der Waals surface area (Å²) in [6, 6.07) is 24.3. The van der Waals surface area contributed by atoms with E-state index in [9.17, 15) is 14.0 Å². The van der Waals surface area contributed by atoms with Gasteiger partial charge < -0.3 is 18.9 Å². The van der Waals surface area contributed by atoms with Crippen molar-refractivity contribution in [3.05, 3.63) is 122 Å². The Bertz CT molecular complexity index is 1810. The number of carbonyl (C=O) groups is 2. The second-order valence-corrected chi connectivity index (χ2v) is 10.1. The predicted octanol–water partition coefficient (Wildman–Crippen LogP) is 8.64. The van der Waals surface area contributed by atoms with Crippen LogP contribution in [0, 0.1) is 12.7 Å². The first-order chi connectivity index (χ1) is 23.7. The van der Waals surface area contributed by atoms with Crippen LogP contribution in [0.3, 0.4) is 0 Å². The zero-order valence-corrected chi connectivity index (χ0v) is 27.0. The number of nitrogens with one attached hydrogen (secondary N) is 1. The first-order valence-corrected chi connectivity index (χ1v) is 15.0. The number of halogens is 1. The second kappa shape index (κ2) is 18.1. The largest absolute Gasteiger partial charge is 0.490 e. The Morgan fingerprint density at radius 1 is 0.714 bits per heavy atom. The number of aryl methyl sites for hydroxylation is 1. The highest BCUT2D eigenvalue weighted by atomic mass is 19.1. The molecule has 4 aromatic rings. The summed E-state index contributed by atoms with van der Waals surface area (Å²) in [5.41, 5.74) is 7.87. The summed E-state index contributed by atoms with van der Waals surface area (Å²) in [6.45, 7) is 9.07. The summed E-state index contributed by atoms with van der Waals surface area (Å²) in [5.74, 6) is -0.730. The van der Waals surface area contributed by atoms with Gasteiger partial charge in [0.15, 0.2) is 5.82 Å². The summed E-state index contributed by atoms with van der Waals surface area (Å²) in [7, 11) is 1.90. The van der Waals surface area contributed by atoms with E-state index in [0.717, 1.165) is 29.1 Å². The van der Waals surface area contributed by atoms with E-state index in [1.165, 1.54) is 12.1 Å². The topological polar surface area (TPSA) is 136 Å². The first kappa shape index (κ1) is 35.5. The molecule has 0 aliphatic rings. The average molecular weight is 667 g/mol. The van der Waals surface area contributed by atoms with E-state index in [1.807, 2.05) is 61.4 Å². The lowest BCUT2D eigenvalue weighted by atomic mass is 10.2. The molecule has 0 unspecified atom stereocenters. The van der Waals surface area contributed by atoms with Crippen LogP contribution in [0.2, 0.25) is 0 Å². The lowest BCUT2D eigenvalue weighted by Gasteiger charge is -2.22. The number of ether oxygens (including phenoxy) is 4. The third-order valence-corrected chi connectivity index (χ3v) is 6.56. The second-order valence-electron chi connectivity index (χ2n) is 10.1. The maximum absolute atomic E-state index is 14.5. The average Bonchev–Trinajstić information content (AvgIpc) is 3.11. The molecule has 0 bridgehead atoms. The molecule has 4 rings (SSSR count). The van der Waals surface area contributed by atoms with Crippen LogP contribution in [0.5, 0.6) is 11.5 Å². The number of hydrogen-bond acceptors (Lipinski definition) is 12. The fourth-order valence-electron chi connectivity index (χ4n) is 4.03. The van der Waals surface area contributed by atoms with Crippen LogP contribution in [0.1, 0.15) is 5.56 Å². The Morgan fingerprint density at radius 3 is 1.80 bits per heavy atom. The first-order valence-electron chi connectivity index (χ1n) is 15.0. The van der Waals surface area contributed by atoms with Crippen molar-refractivity contribution in [2.24, 2.45) is 20.5 Å². The maximum Gasteiger partial charge on any atom is 0.330 e. The van der Waals surface area contributed by atoms with Gasteiger partial charge in [-0.1, -0.05) is 13.2 Å². The molecule has 4 aromatic carbocycles. The van der Waals surface area contributed by atoms with Gasteiger partial charge in [-0.15, -0.1) is 5.11 Å². The number of rotatable bonds is 17. The highest BCUT2D eigenvalue weighted by Crippen LogP contribution is 2.29. The van der Waals surface area contributed by atoms with E-state index in [1.54, 1.807) is 30.3 Å². The molecule has 0 atom stereocenters. The summed E-state index contributed by atoms with van der Waals surface area (Å²) in [4.78, 5) is 22.1. The highest BCUT2D eigenvalue weighted by Gasteiger charge is 2.07. The molecule has 1 N–H and O–H groups in total. The van der Waals surface area contributed by atoms with Gasteiger partial charge in [0.1, 0.15) is 43.6 Å². The van der Waals surface area contributed by atoms with Crippen molar-refractivity contribution < 1.29 is 32.9 Å². The number of nitrogens with zero attached hydrogens (tertiary/aromatic N) is 5. The molecule has 12 nitrogen and oxygen atoms in total. The number of hydrazine groups is 1. The van der Waals surface area contributed by atoms with Gasteiger partial charge >= 0.3 is 11.9 Å². The Kier molecular flexibility index (Phi) is 13.1. The molecular formula is C36H35FN6O6. The highest BCUT2D eigenvalue weighted by molar-refractivity contribution is 5.81. The van der Waals surface area contributed by atoms with Gasteiger partial charge in [-0.05, 0) is 91.3 Å². The van der Waals surface area contributed by atoms with Gasteiger partial charge in [0.2, 0.25) is 0 Å². The van der Waals surface area contributed by atoms with Crippen molar-refractivity contribution in [3.8, 4) is 11.5 Å². The van der Waals surface area contributed by atoms with Crippen molar-refractivity contribution in [1.82, 2.24) is 0 Å². The molecule has 0 saturated carbocycles. The van der Waals surface area contributed by atoms with Crippen LogP contribution in [0.4, 0.5) is 38.5 Å². The van der Waals surface area contributed by atoms with Crippen LogP contribution in [-0.4, -0.2) is 45.4 Å². The number of azo groups is 2. The normalized spacial score (nSPS) is 10.8. The van der Waals surface area contributed by atoms with Crippen molar-refractivity contribution in [3.63, 3.8) is 0 Å². The number of benzene rings is 4. The van der Waals surface area contributed by atoms with E-state index in [0.29, 0.717) is 22.8 Å². The standard InChI is InChI=1S/C36H35FN6O6/c1-5-35(44)48-21-19-46-30-14-11-28(12-15-30)42-43(4)29-13-17-33(25(3)23-29)40-38-26-7-9-27(10-8-26)39-41-34-18-16-31(24-32(34)37)47-20-22-49-36(45)6-2/h5-18,23-24,42H,1-2,19-22H2,3-4H3. The molecule has 13 heteroatoms. The van der Waals surface area contributed by atoms with Crippen molar-refractivity contribution >= 4 is 46.1 Å². The Labute approximate surface area is 283 Å². The lowest BCUT2D eigenvalue weighted by molar-refractivity contribution is -0.139. The van der Waals surface area contributed by atoms with Gasteiger partial charge in [-0.25, -0.2) is 14.0 Å². The monoisotopic (exact) mass is 666 g/mol. The predicted molar refractivity (Wildman–Crippen MR) is 184 cm³/mol. The molecule has 0 aromatic heterocycles. The minimum absolute atomic E-state index is 0.0150. The van der Waals surface area contributed by atoms with E-state index >= 15 is 0 Å². The molecule has 0 aliphatic heterocycles.